The Morgan fingerprint density at radius 2 is 1.93 bits per heavy atom. The van der Waals surface area contributed by atoms with Gasteiger partial charge in [0, 0.05) is 22.1 Å². The van der Waals surface area contributed by atoms with E-state index >= 15 is 0 Å². The van der Waals surface area contributed by atoms with Gasteiger partial charge in [-0.3, -0.25) is 4.79 Å². The van der Waals surface area contributed by atoms with E-state index in [2.05, 4.69) is 32.8 Å². The first-order valence-corrected chi connectivity index (χ1v) is 11.0. The molecule has 4 aromatic rings. The zero-order valence-corrected chi connectivity index (χ0v) is 17.5. The second-order valence-electron chi connectivity index (χ2n) is 6.96. The van der Waals surface area contributed by atoms with Crippen LogP contribution in [0.15, 0.2) is 44.8 Å². The smallest absolute Gasteiger partial charge is 0.265 e. The molecule has 0 amide bonds. The van der Waals surface area contributed by atoms with Crippen molar-refractivity contribution in [3.8, 4) is 10.6 Å². The molecule has 9 heteroatoms. The van der Waals surface area contributed by atoms with Gasteiger partial charge in [0.25, 0.3) is 5.56 Å². The number of nitrogens with zero attached hydrogens (tertiary/aromatic N) is 5. The Labute approximate surface area is 168 Å². The Kier molecular flexibility index (Phi) is 4.83. The van der Waals surface area contributed by atoms with Gasteiger partial charge in [0.05, 0.1) is 5.69 Å². The monoisotopic (exact) mass is 415 g/mol. The summed E-state index contributed by atoms with van der Waals surface area (Å²) >= 11 is 4.55. The number of thiazole rings is 1. The van der Waals surface area contributed by atoms with Crippen LogP contribution in [0.3, 0.4) is 0 Å². The summed E-state index contributed by atoms with van der Waals surface area (Å²) in [5, 5.41) is 15.8. The third-order valence-electron chi connectivity index (χ3n) is 3.80. The van der Waals surface area contributed by atoms with E-state index in [0.717, 1.165) is 20.6 Å². The molecule has 0 spiro atoms. The number of fused-ring (bicyclic) bond motifs is 1. The van der Waals surface area contributed by atoms with Crippen molar-refractivity contribution in [3.63, 3.8) is 0 Å². The van der Waals surface area contributed by atoms with Crippen LogP contribution in [0.1, 0.15) is 32.2 Å². The molecule has 27 heavy (non-hydrogen) atoms. The van der Waals surface area contributed by atoms with E-state index in [1.165, 1.54) is 15.9 Å². The van der Waals surface area contributed by atoms with Crippen LogP contribution in [-0.4, -0.2) is 24.8 Å². The van der Waals surface area contributed by atoms with Crippen LogP contribution in [0.4, 0.5) is 0 Å². The van der Waals surface area contributed by atoms with Crippen molar-refractivity contribution < 1.29 is 0 Å². The predicted octanol–water partition coefficient (Wildman–Crippen LogP) is 4.26. The van der Waals surface area contributed by atoms with E-state index in [9.17, 15) is 4.79 Å². The Hall–Kier alpha value is -2.10. The lowest BCUT2D eigenvalue weighted by Crippen LogP contribution is -2.30. The van der Waals surface area contributed by atoms with Crippen molar-refractivity contribution in [1.29, 1.82) is 0 Å². The molecule has 0 N–H and O–H groups in total. The average molecular weight is 416 g/mol. The molecule has 0 aliphatic heterocycles. The summed E-state index contributed by atoms with van der Waals surface area (Å²) in [7, 11) is 0. The number of rotatable bonds is 4. The number of hydrogen-bond acceptors (Lipinski definition) is 8. The van der Waals surface area contributed by atoms with Crippen LogP contribution in [0.25, 0.3) is 15.5 Å². The molecular formula is C18H17N5OS3. The van der Waals surface area contributed by atoms with Crippen molar-refractivity contribution in [1.82, 2.24) is 24.8 Å². The SMILES string of the molecule is CC(C)(C)c1nnc2sc(SCc3csc(-c4ccccc4)n3)nn2c1=O. The van der Waals surface area contributed by atoms with Crippen molar-refractivity contribution in [2.75, 3.05) is 0 Å². The molecule has 3 aromatic heterocycles. The minimum atomic E-state index is -0.364. The van der Waals surface area contributed by atoms with Crippen molar-refractivity contribution in [2.24, 2.45) is 0 Å². The number of thioether (sulfide) groups is 1. The molecule has 0 saturated heterocycles. The maximum Gasteiger partial charge on any atom is 0.297 e. The van der Waals surface area contributed by atoms with Crippen LogP contribution in [0.2, 0.25) is 0 Å². The lowest BCUT2D eigenvalue weighted by atomic mass is 9.93. The molecule has 6 nitrogen and oxygen atoms in total. The van der Waals surface area contributed by atoms with Crippen LogP contribution in [0, 0.1) is 0 Å². The van der Waals surface area contributed by atoms with Crippen molar-refractivity contribution in [3.05, 3.63) is 57.5 Å². The Bertz CT molecular complexity index is 1140. The maximum atomic E-state index is 12.6. The Morgan fingerprint density at radius 1 is 1.15 bits per heavy atom. The largest absolute Gasteiger partial charge is 0.297 e. The quantitative estimate of drug-likeness (QED) is 0.464. The summed E-state index contributed by atoms with van der Waals surface area (Å²) in [5.41, 5.74) is 1.98. The summed E-state index contributed by atoms with van der Waals surface area (Å²) in [6.45, 7) is 5.83. The van der Waals surface area contributed by atoms with E-state index in [0.29, 0.717) is 16.4 Å². The van der Waals surface area contributed by atoms with E-state index in [4.69, 9.17) is 4.98 Å². The highest BCUT2D eigenvalue weighted by molar-refractivity contribution is 8.00. The van der Waals surface area contributed by atoms with Gasteiger partial charge in [-0.25, -0.2) is 4.98 Å². The highest BCUT2D eigenvalue weighted by atomic mass is 32.2. The molecule has 138 valence electrons. The molecule has 0 bridgehead atoms. The van der Waals surface area contributed by atoms with Gasteiger partial charge in [-0.2, -0.15) is 4.52 Å². The van der Waals surface area contributed by atoms with Gasteiger partial charge in [0.2, 0.25) is 4.96 Å². The summed E-state index contributed by atoms with van der Waals surface area (Å²) in [6, 6.07) is 10.1. The van der Waals surface area contributed by atoms with E-state index in [1.54, 1.807) is 23.1 Å². The molecule has 1 aromatic carbocycles. The Balaban J connectivity index is 1.54. The highest BCUT2D eigenvalue weighted by Gasteiger charge is 2.23. The van der Waals surface area contributed by atoms with Crippen LogP contribution in [0.5, 0.6) is 0 Å². The Morgan fingerprint density at radius 3 is 2.67 bits per heavy atom. The van der Waals surface area contributed by atoms with E-state index < -0.39 is 0 Å². The molecule has 0 unspecified atom stereocenters. The van der Waals surface area contributed by atoms with Gasteiger partial charge < -0.3 is 0 Å². The lowest BCUT2D eigenvalue weighted by molar-refractivity contribution is 0.541. The highest BCUT2D eigenvalue weighted by Crippen LogP contribution is 2.29. The van der Waals surface area contributed by atoms with Crippen LogP contribution < -0.4 is 5.56 Å². The molecule has 0 saturated carbocycles. The fraction of sp³-hybridized carbons (Fsp3) is 0.278. The van der Waals surface area contributed by atoms with Crippen LogP contribution >= 0.6 is 34.4 Å². The molecule has 0 aliphatic carbocycles. The van der Waals surface area contributed by atoms with Crippen molar-refractivity contribution >= 4 is 39.4 Å². The lowest BCUT2D eigenvalue weighted by Gasteiger charge is -2.14. The van der Waals surface area contributed by atoms with Gasteiger partial charge in [0.15, 0.2) is 4.34 Å². The first-order valence-electron chi connectivity index (χ1n) is 8.31. The standard InChI is InChI=1S/C18H17N5OS3/c1-18(2,3)13-15(24)23-16(21-20-13)27-17(22-23)26-10-12-9-25-14(19-12)11-7-5-4-6-8-11/h4-9H,10H2,1-3H3. The topological polar surface area (TPSA) is 73.0 Å². The fourth-order valence-corrected chi connectivity index (χ4v) is 5.15. The first kappa shape index (κ1) is 18.3. The molecule has 0 fully saturated rings. The normalized spacial score (nSPS) is 12.0. The van der Waals surface area contributed by atoms with E-state index in [-0.39, 0.29) is 11.0 Å². The average Bonchev–Trinajstić information content (AvgIpc) is 3.27. The minimum absolute atomic E-state index is 0.198. The number of aromatic nitrogens is 5. The zero-order chi connectivity index (χ0) is 19.0. The van der Waals surface area contributed by atoms with Gasteiger partial charge >= 0.3 is 0 Å². The fourth-order valence-electron chi connectivity index (χ4n) is 2.45. The van der Waals surface area contributed by atoms with Crippen molar-refractivity contribution in [2.45, 2.75) is 36.3 Å². The van der Waals surface area contributed by atoms with Gasteiger partial charge in [-0.05, 0) is 0 Å². The molecule has 0 radical (unpaired) electrons. The molecular weight excluding hydrogens is 398 g/mol. The van der Waals surface area contributed by atoms with E-state index in [1.807, 2.05) is 39.0 Å². The van der Waals surface area contributed by atoms with Gasteiger partial charge in [-0.1, -0.05) is 74.2 Å². The molecule has 0 atom stereocenters. The summed E-state index contributed by atoms with van der Waals surface area (Å²) < 4.78 is 2.14. The second-order valence-corrected chi connectivity index (χ2v) is 10.0. The second kappa shape index (κ2) is 7.14. The summed E-state index contributed by atoms with van der Waals surface area (Å²) in [4.78, 5) is 17.8. The minimum Gasteiger partial charge on any atom is -0.265 e. The summed E-state index contributed by atoms with van der Waals surface area (Å²) in [6.07, 6.45) is 0. The molecule has 3 heterocycles. The van der Waals surface area contributed by atoms with Gasteiger partial charge in [-0.15, -0.1) is 26.6 Å². The van der Waals surface area contributed by atoms with Gasteiger partial charge in [0.1, 0.15) is 10.7 Å². The number of benzene rings is 1. The third-order valence-corrected chi connectivity index (χ3v) is 6.80. The number of hydrogen-bond donors (Lipinski definition) is 0. The van der Waals surface area contributed by atoms with Crippen LogP contribution in [-0.2, 0) is 11.2 Å². The zero-order valence-electron chi connectivity index (χ0n) is 15.0. The first-order chi connectivity index (χ1) is 12.9. The predicted molar refractivity (Wildman–Crippen MR) is 111 cm³/mol. The third kappa shape index (κ3) is 3.80. The molecule has 4 rings (SSSR count). The summed E-state index contributed by atoms with van der Waals surface area (Å²) in [5.74, 6) is 0.692. The molecule has 0 aliphatic rings. The maximum absolute atomic E-state index is 12.6.